The zero-order chi connectivity index (χ0) is 20.5. The largest absolute Gasteiger partial charge is 0.473 e. The summed E-state index contributed by atoms with van der Waals surface area (Å²) in [7, 11) is 0. The van der Waals surface area contributed by atoms with Crippen molar-refractivity contribution in [3.05, 3.63) is 75.7 Å². The van der Waals surface area contributed by atoms with Crippen LogP contribution < -0.4 is 20.5 Å². The number of hydrogen-bond acceptors (Lipinski definition) is 5. The quantitative estimate of drug-likeness (QED) is 0.517. The Morgan fingerprint density at radius 2 is 1.79 bits per heavy atom. The van der Waals surface area contributed by atoms with Gasteiger partial charge in [0.2, 0.25) is 5.88 Å². The fourth-order valence-corrected chi connectivity index (χ4v) is 2.81. The fourth-order valence-electron chi connectivity index (χ4n) is 2.81. The highest BCUT2D eigenvalue weighted by molar-refractivity contribution is 5.41. The molecule has 1 aliphatic heterocycles. The Morgan fingerprint density at radius 3 is 2.52 bits per heavy atom. The minimum atomic E-state index is -1.64. The van der Waals surface area contributed by atoms with Crippen molar-refractivity contribution >= 4 is 5.82 Å². The molecule has 0 bridgehead atoms. The molecule has 3 aromatic rings. The average molecular weight is 407 g/mol. The van der Waals surface area contributed by atoms with Crippen molar-refractivity contribution in [2.45, 2.75) is 13.2 Å². The van der Waals surface area contributed by atoms with E-state index in [0.29, 0.717) is 36.6 Å². The molecule has 4 rings (SSSR count). The molecule has 1 N–H and O–H groups in total. The van der Waals surface area contributed by atoms with Crippen LogP contribution in [0, 0.1) is 23.3 Å². The normalized spacial score (nSPS) is 12.4. The van der Waals surface area contributed by atoms with E-state index in [2.05, 4.69) is 10.3 Å². The van der Waals surface area contributed by atoms with Crippen molar-refractivity contribution in [2.75, 3.05) is 11.9 Å². The Kier molecular flexibility index (Phi) is 4.83. The van der Waals surface area contributed by atoms with Crippen molar-refractivity contribution in [2.24, 2.45) is 0 Å². The predicted octanol–water partition coefficient (Wildman–Crippen LogP) is 3.60. The molecule has 2 heterocycles. The van der Waals surface area contributed by atoms with Gasteiger partial charge in [0.1, 0.15) is 18.2 Å². The van der Waals surface area contributed by atoms with Crippen LogP contribution in [-0.2, 0) is 13.2 Å². The first-order valence-electron chi connectivity index (χ1n) is 8.50. The molecule has 1 aromatic heterocycles. The third-order valence-electron chi connectivity index (χ3n) is 4.20. The van der Waals surface area contributed by atoms with Gasteiger partial charge in [0.25, 0.3) is 0 Å². The molecule has 150 valence electrons. The maximum Gasteiger partial charge on any atom is 0.352 e. The minimum Gasteiger partial charge on any atom is -0.473 e. The van der Waals surface area contributed by atoms with E-state index in [1.54, 1.807) is 6.07 Å². The summed E-state index contributed by atoms with van der Waals surface area (Å²) in [5.74, 6) is -5.37. The summed E-state index contributed by atoms with van der Waals surface area (Å²) in [6.45, 7) is 1.07. The number of ether oxygens (including phenoxy) is 2. The van der Waals surface area contributed by atoms with Crippen molar-refractivity contribution < 1.29 is 27.0 Å². The second-order valence-electron chi connectivity index (χ2n) is 6.20. The number of nitrogens with one attached hydrogen (secondary N) is 1. The van der Waals surface area contributed by atoms with Crippen molar-refractivity contribution in [3.8, 4) is 17.4 Å². The summed E-state index contributed by atoms with van der Waals surface area (Å²) in [6.07, 6.45) is 0. The van der Waals surface area contributed by atoms with E-state index in [0.717, 1.165) is 6.07 Å². The van der Waals surface area contributed by atoms with Gasteiger partial charge in [-0.2, -0.15) is 4.98 Å². The van der Waals surface area contributed by atoms with Crippen LogP contribution in [0.2, 0.25) is 0 Å². The molecule has 0 spiro atoms. The number of anilines is 1. The number of aromatic nitrogens is 2. The highest BCUT2D eigenvalue weighted by atomic mass is 19.2. The van der Waals surface area contributed by atoms with Gasteiger partial charge in [-0.25, -0.2) is 22.4 Å². The predicted molar refractivity (Wildman–Crippen MR) is 94.1 cm³/mol. The molecule has 6 nitrogen and oxygen atoms in total. The van der Waals surface area contributed by atoms with Gasteiger partial charge in [0.15, 0.2) is 29.0 Å². The van der Waals surface area contributed by atoms with Gasteiger partial charge in [-0.05, 0) is 17.7 Å². The molecular formula is C19H13F4N3O3. The highest BCUT2D eigenvalue weighted by Gasteiger charge is 2.15. The number of rotatable bonds is 5. The molecule has 1 aliphatic rings. The van der Waals surface area contributed by atoms with Gasteiger partial charge in [-0.1, -0.05) is 6.07 Å². The zero-order valence-corrected chi connectivity index (χ0v) is 14.7. The van der Waals surface area contributed by atoms with Crippen LogP contribution in [0.1, 0.15) is 5.56 Å². The molecule has 0 fully saturated rings. The Bertz CT molecular complexity index is 1130. The third-order valence-corrected chi connectivity index (χ3v) is 4.20. The van der Waals surface area contributed by atoms with E-state index in [9.17, 15) is 22.4 Å². The van der Waals surface area contributed by atoms with Crippen LogP contribution in [-0.4, -0.2) is 16.1 Å². The molecule has 0 unspecified atom stereocenters. The van der Waals surface area contributed by atoms with E-state index in [-0.39, 0.29) is 24.0 Å². The Labute approximate surface area is 161 Å². The molecule has 0 radical (unpaired) electrons. The van der Waals surface area contributed by atoms with Crippen LogP contribution in [0.3, 0.4) is 0 Å². The van der Waals surface area contributed by atoms with Crippen LogP contribution in [0.4, 0.5) is 23.4 Å². The maximum absolute atomic E-state index is 14.3. The monoisotopic (exact) mass is 407 g/mol. The van der Waals surface area contributed by atoms with Gasteiger partial charge < -0.3 is 14.8 Å². The second kappa shape index (κ2) is 7.46. The lowest BCUT2D eigenvalue weighted by Gasteiger charge is -2.10. The summed E-state index contributed by atoms with van der Waals surface area (Å²) in [4.78, 5) is 15.7. The van der Waals surface area contributed by atoms with E-state index >= 15 is 0 Å². The summed E-state index contributed by atoms with van der Waals surface area (Å²) >= 11 is 0. The molecule has 29 heavy (non-hydrogen) atoms. The number of fused-ring (bicyclic) bond motifs is 1. The topological polar surface area (TPSA) is 65.4 Å². The smallest absolute Gasteiger partial charge is 0.352 e. The molecule has 0 aliphatic carbocycles. The van der Waals surface area contributed by atoms with E-state index in [1.807, 2.05) is 0 Å². The van der Waals surface area contributed by atoms with E-state index in [1.165, 1.54) is 16.7 Å². The van der Waals surface area contributed by atoms with Gasteiger partial charge in [-0.3, -0.25) is 4.57 Å². The van der Waals surface area contributed by atoms with Crippen LogP contribution >= 0.6 is 0 Å². The highest BCUT2D eigenvalue weighted by Crippen LogP contribution is 2.28. The first kappa shape index (κ1) is 18.8. The van der Waals surface area contributed by atoms with E-state index < -0.39 is 29.0 Å². The summed E-state index contributed by atoms with van der Waals surface area (Å²) in [5, 5.41) is 3.02. The molecule has 10 heteroatoms. The lowest BCUT2D eigenvalue weighted by atomic mass is 10.2. The lowest BCUT2D eigenvalue weighted by Crippen LogP contribution is -2.21. The first-order chi connectivity index (χ1) is 13.9. The van der Waals surface area contributed by atoms with Crippen molar-refractivity contribution in [3.63, 3.8) is 0 Å². The van der Waals surface area contributed by atoms with Crippen LogP contribution in [0.15, 0.2) is 41.2 Å². The molecule has 0 saturated heterocycles. The van der Waals surface area contributed by atoms with Gasteiger partial charge in [-0.15, -0.1) is 0 Å². The Balaban J connectivity index is 1.46. The van der Waals surface area contributed by atoms with Gasteiger partial charge in [0, 0.05) is 31.3 Å². The number of nitrogens with zero attached hydrogens (tertiary/aromatic N) is 2. The van der Waals surface area contributed by atoms with E-state index in [4.69, 9.17) is 9.47 Å². The molecule has 0 amide bonds. The zero-order valence-electron chi connectivity index (χ0n) is 14.7. The van der Waals surface area contributed by atoms with Gasteiger partial charge in [0.05, 0.1) is 0 Å². The summed E-state index contributed by atoms with van der Waals surface area (Å²) in [6, 6.07) is 6.60. The standard InChI is InChI=1S/C19H13F4N3O3/c20-12-5-10(9-28-17-8-16-24-3-4-26(16)19(27)25-17)1-2-15(12)29-11-6-13(21)18(23)14(22)7-11/h1-2,5-8,24H,3-4,9H2. The Hall–Kier alpha value is -3.56. The van der Waals surface area contributed by atoms with Crippen molar-refractivity contribution in [1.29, 1.82) is 0 Å². The minimum absolute atomic E-state index is 0.0765. The molecule has 2 aromatic carbocycles. The molecule has 0 atom stereocenters. The Morgan fingerprint density at radius 1 is 1.03 bits per heavy atom. The first-order valence-corrected chi connectivity index (χ1v) is 8.50. The second-order valence-corrected chi connectivity index (χ2v) is 6.20. The molecular weight excluding hydrogens is 394 g/mol. The van der Waals surface area contributed by atoms with Crippen molar-refractivity contribution in [1.82, 2.24) is 9.55 Å². The molecule has 0 saturated carbocycles. The summed E-state index contributed by atoms with van der Waals surface area (Å²) in [5.41, 5.74) is -0.0436. The number of benzene rings is 2. The number of hydrogen-bond donors (Lipinski definition) is 1. The third kappa shape index (κ3) is 3.86. The number of halogens is 4. The van der Waals surface area contributed by atoms with Crippen LogP contribution in [0.5, 0.6) is 17.4 Å². The average Bonchev–Trinajstić information content (AvgIpc) is 3.15. The lowest BCUT2D eigenvalue weighted by molar-refractivity contribution is 0.290. The van der Waals surface area contributed by atoms with Gasteiger partial charge >= 0.3 is 5.69 Å². The SMILES string of the molecule is O=c1nc(OCc2ccc(Oc3cc(F)c(F)c(F)c3)c(F)c2)cc2n1CCN2. The summed E-state index contributed by atoms with van der Waals surface area (Å²) < 4.78 is 65.7. The fraction of sp³-hybridized carbons (Fsp3) is 0.158. The van der Waals surface area contributed by atoms with Crippen LogP contribution in [0.25, 0.3) is 0 Å². The maximum atomic E-state index is 14.3.